The van der Waals surface area contributed by atoms with Gasteiger partial charge in [0.15, 0.2) is 9.84 Å². The standard InChI is InChI=1S/C21H25NO5S/c1-5-22(6-2)20(23)19(16-10-8-7-9-11-16)27-21(24)18-14-17(28(4,25)26)13-12-15(18)3/h7-14,19H,5-6H2,1-4H3/t19-/m0/s1. The largest absolute Gasteiger partial charge is 0.444 e. The zero-order chi connectivity index (χ0) is 20.9. The molecule has 0 heterocycles. The van der Waals surface area contributed by atoms with E-state index in [2.05, 4.69) is 0 Å². The van der Waals surface area contributed by atoms with Crippen LogP contribution in [0.3, 0.4) is 0 Å². The van der Waals surface area contributed by atoms with Crippen LogP contribution in [0.2, 0.25) is 0 Å². The van der Waals surface area contributed by atoms with Crippen LogP contribution in [0.1, 0.15) is 41.4 Å². The van der Waals surface area contributed by atoms with Crippen LogP contribution in [-0.4, -0.2) is 44.5 Å². The number of benzene rings is 2. The highest BCUT2D eigenvalue weighted by Gasteiger charge is 2.29. The van der Waals surface area contributed by atoms with E-state index in [-0.39, 0.29) is 16.4 Å². The minimum atomic E-state index is -3.48. The molecule has 2 aromatic rings. The van der Waals surface area contributed by atoms with Crippen LogP contribution >= 0.6 is 0 Å². The van der Waals surface area contributed by atoms with Crippen LogP contribution in [0.25, 0.3) is 0 Å². The van der Waals surface area contributed by atoms with Gasteiger partial charge < -0.3 is 9.64 Å². The quantitative estimate of drug-likeness (QED) is 0.664. The Morgan fingerprint density at radius 1 is 1.04 bits per heavy atom. The third-order valence-corrected chi connectivity index (χ3v) is 5.59. The molecule has 0 aliphatic rings. The lowest BCUT2D eigenvalue weighted by molar-refractivity contribution is -0.140. The van der Waals surface area contributed by atoms with E-state index in [4.69, 9.17) is 4.74 Å². The van der Waals surface area contributed by atoms with Crippen molar-refractivity contribution in [3.8, 4) is 0 Å². The van der Waals surface area contributed by atoms with Gasteiger partial charge in [0.1, 0.15) is 0 Å². The molecule has 150 valence electrons. The predicted octanol–water partition coefficient (Wildman–Crippen LogP) is 3.17. The Bertz CT molecular complexity index is 950. The fourth-order valence-electron chi connectivity index (χ4n) is 2.81. The van der Waals surface area contributed by atoms with Crippen molar-refractivity contribution in [1.29, 1.82) is 0 Å². The van der Waals surface area contributed by atoms with Gasteiger partial charge in [-0.3, -0.25) is 4.79 Å². The van der Waals surface area contributed by atoms with E-state index in [0.29, 0.717) is 24.2 Å². The molecule has 0 aliphatic heterocycles. The predicted molar refractivity (Wildman–Crippen MR) is 107 cm³/mol. The maximum atomic E-state index is 12.9. The van der Waals surface area contributed by atoms with E-state index in [1.807, 2.05) is 19.9 Å². The monoisotopic (exact) mass is 403 g/mol. The number of carbonyl (C=O) groups excluding carboxylic acids is 2. The molecule has 1 amide bonds. The molecule has 0 saturated heterocycles. The van der Waals surface area contributed by atoms with Crippen molar-refractivity contribution in [1.82, 2.24) is 4.90 Å². The van der Waals surface area contributed by atoms with Crippen LogP contribution in [0.4, 0.5) is 0 Å². The number of likely N-dealkylation sites (N-methyl/N-ethyl adjacent to an activating group) is 1. The number of hydrogen-bond acceptors (Lipinski definition) is 5. The lowest BCUT2D eigenvalue weighted by Crippen LogP contribution is -2.36. The zero-order valence-corrected chi connectivity index (χ0v) is 17.3. The molecule has 0 radical (unpaired) electrons. The molecule has 0 fully saturated rings. The number of esters is 1. The van der Waals surface area contributed by atoms with Crippen LogP contribution in [0, 0.1) is 6.92 Å². The van der Waals surface area contributed by atoms with E-state index in [0.717, 1.165) is 6.26 Å². The van der Waals surface area contributed by atoms with Gasteiger partial charge in [0.05, 0.1) is 10.5 Å². The Kier molecular flexibility index (Phi) is 6.96. The summed E-state index contributed by atoms with van der Waals surface area (Å²) in [7, 11) is -3.48. The summed E-state index contributed by atoms with van der Waals surface area (Å²) in [6.07, 6.45) is -0.0291. The van der Waals surface area contributed by atoms with Crippen LogP contribution in [-0.2, 0) is 19.4 Å². The van der Waals surface area contributed by atoms with Crippen LogP contribution in [0.15, 0.2) is 53.4 Å². The summed E-state index contributed by atoms with van der Waals surface area (Å²) < 4.78 is 29.2. The van der Waals surface area contributed by atoms with E-state index in [9.17, 15) is 18.0 Å². The Morgan fingerprint density at radius 2 is 1.64 bits per heavy atom. The Balaban J connectivity index is 2.42. The van der Waals surface area contributed by atoms with Crippen molar-refractivity contribution in [2.24, 2.45) is 0 Å². The summed E-state index contributed by atoms with van der Waals surface area (Å²) in [6, 6.07) is 13.1. The minimum Gasteiger partial charge on any atom is -0.444 e. The van der Waals surface area contributed by atoms with Crippen molar-refractivity contribution in [2.75, 3.05) is 19.3 Å². The topological polar surface area (TPSA) is 80.8 Å². The van der Waals surface area contributed by atoms with Crippen molar-refractivity contribution in [3.05, 3.63) is 65.2 Å². The molecule has 7 heteroatoms. The molecule has 0 aliphatic carbocycles. The summed E-state index contributed by atoms with van der Waals surface area (Å²) in [6.45, 7) is 6.36. The fraction of sp³-hybridized carbons (Fsp3) is 0.333. The number of rotatable bonds is 7. The van der Waals surface area contributed by atoms with Gasteiger partial charge in [-0.2, -0.15) is 0 Å². The third kappa shape index (κ3) is 4.98. The van der Waals surface area contributed by atoms with Crippen molar-refractivity contribution in [2.45, 2.75) is 31.8 Å². The van der Waals surface area contributed by atoms with Gasteiger partial charge in [0, 0.05) is 24.9 Å². The van der Waals surface area contributed by atoms with Crippen LogP contribution < -0.4 is 0 Å². The average Bonchev–Trinajstić information content (AvgIpc) is 2.66. The summed E-state index contributed by atoms with van der Waals surface area (Å²) in [5.74, 6) is -1.06. The molecule has 6 nitrogen and oxygen atoms in total. The number of aryl methyl sites for hydroxylation is 1. The number of carbonyl (C=O) groups is 2. The van der Waals surface area contributed by atoms with Crippen molar-refractivity contribution >= 4 is 21.7 Å². The second-order valence-corrected chi connectivity index (χ2v) is 8.47. The third-order valence-electron chi connectivity index (χ3n) is 4.48. The van der Waals surface area contributed by atoms with E-state index >= 15 is 0 Å². The van der Waals surface area contributed by atoms with E-state index in [1.54, 1.807) is 42.2 Å². The number of amides is 1. The van der Waals surface area contributed by atoms with Gasteiger partial charge >= 0.3 is 5.97 Å². The number of sulfone groups is 1. The summed E-state index contributed by atoms with van der Waals surface area (Å²) in [5.41, 5.74) is 1.25. The number of nitrogens with zero attached hydrogens (tertiary/aromatic N) is 1. The van der Waals surface area contributed by atoms with Crippen molar-refractivity contribution < 1.29 is 22.7 Å². The maximum absolute atomic E-state index is 12.9. The fourth-order valence-corrected chi connectivity index (χ4v) is 3.46. The summed E-state index contributed by atoms with van der Waals surface area (Å²) in [5, 5.41) is 0. The Morgan fingerprint density at radius 3 is 2.18 bits per heavy atom. The molecule has 2 rings (SSSR count). The maximum Gasteiger partial charge on any atom is 0.339 e. The van der Waals surface area contributed by atoms with E-state index in [1.165, 1.54) is 12.1 Å². The Labute approximate surface area is 166 Å². The van der Waals surface area contributed by atoms with Gasteiger partial charge in [-0.15, -0.1) is 0 Å². The molecule has 0 bridgehead atoms. The van der Waals surface area contributed by atoms with Gasteiger partial charge in [-0.1, -0.05) is 36.4 Å². The lowest BCUT2D eigenvalue weighted by Gasteiger charge is -2.25. The zero-order valence-electron chi connectivity index (χ0n) is 16.5. The van der Waals surface area contributed by atoms with Gasteiger partial charge in [0.2, 0.25) is 6.10 Å². The number of hydrogen-bond donors (Lipinski definition) is 0. The van der Waals surface area contributed by atoms with Crippen molar-refractivity contribution in [3.63, 3.8) is 0 Å². The molecule has 0 saturated carbocycles. The second kappa shape index (κ2) is 9.01. The molecule has 2 aromatic carbocycles. The first-order valence-electron chi connectivity index (χ1n) is 9.04. The van der Waals surface area contributed by atoms with Gasteiger partial charge in [0.25, 0.3) is 5.91 Å². The molecule has 0 aromatic heterocycles. The number of ether oxygens (including phenoxy) is 1. The highest BCUT2D eigenvalue weighted by atomic mass is 32.2. The normalized spacial score (nSPS) is 12.3. The SMILES string of the molecule is CCN(CC)C(=O)[C@@H](OC(=O)c1cc(S(C)(=O)=O)ccc1C)c1ccccc1. The first-order valence-corrected chi connectivity index (χ1v) is 10.9. The minimum absolute atomic E-state index is 0.0244. The van der Waals surface area contributed by atoms with E-state index < -0.39 is 21.9 Å². The molecule has 0 spiro atoms. The lowest BCUT2D eigenvalue weighted by atomic mass is 10.1. The molecule has 0 unspecified atom stereocenters. The molecule has 0 N–H and O–H groups in total. The Hall–Kier alpha value is -2.67. The summed E-state index contributed by atoms with van der Waals surface area (Å²) in [4.78, 5) is 27.4. The first-order chi connectivity index (χ1) is 13.2. The second-order valence-electron chi connectivity index (χ2n) is 6.46. The molecular weight excluding hydrogens is 378 g/mol. The van der Waals surface area contributed by atoms with Gasteiger partial charge in [-0.25, -0.2) is 13.2 Å². The van der Waals surface area contributed by atoms with Crippen LogP contribution in [0.5, 0.6) is 0 Å². The molecular formula is C21H25NO5S. The highest BCUT2D eigenvalue weighted by molar-refractivity contribution is 7.90. The molecule has 1 atom stereocenters. The first kappa shape index (κ1) is 21.6. The summed E-state index contributed by atoms with van der Waals surface area (Å²) >= 11 is 0. The highest BCUT2D eigenvalue weighted by Crippen LogP contribution is 2.24. The molecule has 28 heavy (non-hydrogen) atoms. The smallest absolute Gasteiger partial charge is 0.339 e. The van der Waals surface area contributed by atoms with Gasteiger partial charge in [-0.05, 0) is 38.5 Å². The average molecular weight is 404 g/mol.